The van der Waals surface area contributed by atoms with Crippen molar-refractivity contribution < 1.29 is 14.6 Å². The van der Waals surface area contributed by atoms with Gasteiger partial charge in [0, 0.05) is 44.9 Å². The van der Waals surface area contributed by atoms with Crippen molar-refractivity contribution in [1.82, 2.24) is 10.2 Å². The SMILES string of the molecule is COc1cc(CN2CCNC[C@H]2CCO)cc(OC)c1. The Balaban J connectivity index is 2.10. The van der Waals surface area contributed by atoms with E-state index in [2.05, 4.69) is 10.2 Å². The number of piperazine rings is 1. The van der Waals surface area contributed by atoms with Gasteiger partial charge in [0.2, 0.25) is 0 Å². The van der Waals surface area contributed by atoms with E-state index in [1.54, 1.807) is 14.2 Å². The van der Waals surface area contributed by atoms with Gasteiger partial charge in [0.05, 0.1) is 14.2 Å². The second-order valence-corrected chi connectivity index (χ2v) is 5.06. The van der Waals surface area contributed by atoms with Gasteiger partial charge < -0.3 is 19.9 Å². The van der Waals surface area contributed by atoms with E-state index >= 15 is 0 Å². The monoisotopic (exact) mass is 280 g/mol. The number of ether oxygens (including phenoxy) is 2. The van der Waals surface area contributed by atoms with Crippen LogP contribution in [-0.2, 0) is 6.54 Å². The van der Waals surface area contributed by atoms with Gasteiger partial charge >= 0.3 is 0 Å². The number of methoxy groups -OCH3 is 2. The van der Waals surface area contributed by atoms with Crippen LogP contribution in [0.5, 0.6) is 11.5 Å². The van der Waals surface area contributed by atoms with Gasteiger partial charge in [-0.2, -0.15) is 0 Å². The van der Waals surface area contributed by atoms with Gasteiger partial charge in [-0.05, 0) is 24.1 Å². The second-order valence-electron chi connectivity index (χ2n) is 5.06. The summed E-state index contributed by atoms with van der Waals surface area (Å²) < 4.78 is 10.6. The molecule has 0 radical (unpaired) electrons. The van der Waals surface area contributed by atoms with Gasteiger partial charge in [0.25, 0.3) is 0 Å². The van der Waals surface area contributed by atoms with Crippen LogP contribution in [-0.4, -0.2) is 56.5 Å². The van der Waals surface area contributed by atoms with E-state index in [4.69, 9.17) is 9.47 Å². The normalized spacial score (nSPS) is 19.9. The lowest BCUT2D eigenvalue weighted by Crippen LogP contribution is -2.51. The van der Waals surface area contributed by atoms with E-state index in [-0.39, 0.29) is 6.61 Å². The minimum atomic E-state index is 0.226. The molecule has 0 aromatic heterocycles. The van der Waals surface area contributed by atoms with Gasteiger partial charge in [-0.15, -0.1) is 0 Å². The van der Waals surface area contributed by atoms with E-state index in [0.29, 0.717) is 6.04 Å². The van der Waals surface area contributed by atoms with E-state index < -0.39 is 0 Å². The lowest BCUT2D eigenvalue weighted by molar-refractivity contribution is 0.123. The summed E-state index contributed by atoms with van der Waals surface area (Å²) in [5, 5.41) is 12.6. The Bertz CT molecular complexity index is 401. The predicted molar refractivity (Wildman–Crippen MR) is 78.3 cm³/mol. The van der Waals surface area contributed by atoms with Crippen molar-refractivity contribution in [2.45, 2.75) is 19.0 Å². The Morgan fingerprint density at radius 2 is 1.95 bits per heavy atom. The largest absolute Gasteiger partial charge is 0.497 e. The third-order valence-corrected chi connectivity index (χ3v) is 3.73. The maximum Gasteiger partial charge on any atom is 0.122 e. The van der Waals surface area contributed by atoms with Crippen LogP contribution >= 0.6 is 0 Å². The topological polar surface area (TPSA) is 54.0 Å². The number of aliphatic hydroxyl groups excluding tert-OH is 1. The summed E-state index contributed by atoms with van der Waals surface area (Å²) in [5.41, 5.74) is 1.17. The van der Waals surface area contributed by atoms with Crippen molar-refractivity contribution in [1.29, 1.82) is 0 Å². The van der Waals surface area contributed by atoms with Crippen molar-refractivity contribution >= 4 is 0 Å². The number of hydrogen-bond acceptors (Lipinski definition) is 5. The Labute approximate surface area is 120 Å². The molecule has 0 spiro atoms. The van der Waals surface area contributed by atoms with Gasteiger partial charge in [-0.25, -0.2) is 0 Å². The first-order valence-corrected chi connectivity index (χ1v) is 7.04. The first kappa shape index (κ1) is 15.1. The van der Waals surface area contributed by atoms with Crippen LogP contribution in [0.25, 0.3) is 0 Å². The summed E-state index contributed by atoms with van der Waals surface area (Å²) >= 11 is 0. The number of nitrogens with zero attached hydrogens (tertiary/aromatic N) is 1. The first-order valence-electron chi connectivity index (χ1n) is 7.04. The highest BCUT2D eigenvalue weighted by atomic mass is 16.5. The van der Waals surface area contributed by atoms with Gasteiger partial charge in [0.15, 0.2) is 0 Å². The third-order valence-electron chi connectivity index (χ3n) is 3.73. The number of nitrogens with one attached hydrogen (secondary N) is 1. The molecule has 1 aliphatic rings. The van der Waals surface area contributed by atoms with Crippen molar-refractivity contribution in [3.8, 4) is 11.5 Å². The quantitative estimate of drug-likeness (QED) is 0.809. The fraction of sp³-hybridized carbons (Fsp3) is 0.600. The van der Waals surface area contributed by atoms with Gasteiger partial charge in [0.1, 0.15) is 11.5 Å². The molecule has 0 saturated carbocycles. The average Bonchev–Trinajstić information content (AvgIpc) is 2.49. The molecule has 0 aliphatic carbocycles. The van der Waals surface area contributed by atoms with Crippen LogP contribution in [0.2, 0.25) is 0 Å². The summed E-state index contributed by atoms with van der Waals surface area (Å²) in [6, 6.07) is 6.35. The highest BCUT2D eigenvalue weighted by molar-refractivity contribution is 5.38. The van der Waals surface area contributed by atoms with E-state index in [9.17, 15) is 5.11 Å². The number of rotatable bonds is 6. The smallest absolute Gasteiger partial charge is 0.122 e. The zero-order valence-corrected chi connectivity index (χ0v) is 12.3. The highest BCUT2D eigenvalue weighted by Gasteiger charge is 2.21. The maximum atomic E-state index is 9.17. The Morgan fingerprint density at radius 1 is 1.25 bits per heavy atom. The lowest BCUT2D eigenvalue weighted by Gasteiger charge is -2.36. The summed E-state index contributed by atoms with van der Waals surface area (Å²) in [4.78, 5) is 2.40. The van der Waals surface area contributed by atoms with Crippen molar-refractivity contribution in [3.05, 3.63) is 23.8 Å². The maximum absolute atomic E-state index is 9.17. The Kier molecular flexibility index (Phi) is 5.64. The fourth-order valence-corrected chi connectivity index (χ4v) is 2.64. The van der Waals surface area contributed by atoms with Crippen LogP contribution in [0, 0.1) is 0 Å². The van der Waals surface area contributed by atoms with Crippen LogP contribution in [0.1, 0.15) is 12.0 Å². The minimum absolute atomic E-state index is 0.226. The molecule has 112 valence electrons. The second kappa shape index (κ2) is 7.47. The molecule has 5 heteroatoms. The zero-order valence-electron chi connectivity index (χ0n) is 12.3. The molecule has 1 aliphatic heterocycles. The van der Waals surface area contributed by atoms with Crippen LogP contribution in [0.3, 0.4) is 0 Å². The summed E-state index contributed by atoms with van der Waals surface area (Å²) in [5.74, 6) is 1.63. The molecule has 1 aromatic rings. The van der Waals surface area contributed by atoms with Crippen LogP contribution < -0.4 is 14.8 Å². The molecule has 0 unspecified atom stereocenters. The standard InChI is InChI=1S/C15H24N2O3/c1-19-14-7-12(8-15(9-14)20-2)11-17-5-4-16-10-13(17)3-6-18/h7-9,13,16,18H,3-6,10-11H2,1-2H3/t13-/m1/s1. The molecule has 1 fully saturated rings. The molecule has 0 bridgehead atoms. The number of benzene rings is 1. The average molecular weight is 280 g/mol. The molecule has 1 saturated heterocycles. The van der Waals surface area contributed by atoms with Crippen molar-refractivity contribution in [2.75, 3.05) is 40.5 Å². The fourth-order valence-electron chi connectivity index (χ4n) is 2.64. The van der Waals surface area contributed by atoms with E-state index in [1.807, 2.05) is 18.2 Å². The zero-order chi connectivity index (χ0) is 14.4. The van der Waals surface area contributed by atoms with Gasteiger partial charge in [-0.1, -0.05) is 0 Å². The molecule has 1 atom stereocenters. The van der Waals surface area contributed by atoms with Crippen molar-refractivity contribution in [2.24, 2.45) is 0 Å². The Hall–Kier alpha value is -1.30. The number of aliphatic hydroxyl groups is 1. The minimum Gasteiger partial charge on any atom is -0.497 e. The predicted octanol–water partition coefficient (Wildman–Crippen LogP) is 0.860. The highest BCUT2D eigenvalue weighted by Crippen LogP contribution is 2.24. The van der Waals surface area contributed by atoms with E-state index in [1.165, 1.54) is 5.56 Å². The lowest BCUT2D eigenvalue weighted by atomic mass is 10.1. The molecule has 2 rings (SSSR count). The molecule has 1 heterocycles. The molecule has 0 amide bonds. The summed E-state index contributed by atoms with van der Waals surface area (Å²) in [6.45, 7) is 3.99. The van der Waals surface area contributed by atoms with Crippen LogP contribution in [0.15, 0.2) is 18.2 Å². The molecule has 2 N–H and O–H groups in total. The molecule has 5 nitrogen and oxygen atoms in total. The molecular weight excluding hydrogens is 256 g/mol. The third kappa shape index (κ3) is 3.85. The van der Waals surface area contributed by atoms with Crippen LogP contribution in [0.4, 0.5) is 0 Å². The first-order chi connectivity index (χ1) is 9.76. The summed E-state index contributed by atoms with van der Waals surface area (Å²) in [6.07, 6.45) is 0.800. The molecular formula is C15H24N2O3. The number of hydrogen-bond donors (Lipinski definition) is 2. The van der Waals surface area contributed by atoms with E-state index in [0.717, 1.165) is 44.1 Å². The van der Waals surface area contributed by atoms with Crippen molar-refractivity contribution in [3.63, 3.8) is 0 Å². The molecule has 20 heavy (non-hydrogen) atoms. The Morgan fingerprint density at radius 3 is 2.55 bits per heavy atom. The van der Waals surface area contributed by atoms with Gasteiger partial charge in [-0.3, -0.25) is 4.90 Å². The summed E-state index contributed by atoms with van der Waals surface area (Å²) in [7, 11) is 3.33. The molecule has 1 aromatic carbocycles.